The molecular formula is C16H24N4O3. The summed E-state index contributed by atoms with van der Waals surface area (Å²) in [4.78, 5) is 29.5. The molecule has 2 heterocycles. The van der Waals surface area contributed by atoms with Crippen molar-refractivity contribution in [1.82, 2.24) is 15.2 Å². The van der Waals surface area contributed by atoms with E-state index in [9.17, 15) is 9.59 Å². The van der Waals surface area contributed by atoms with Gasteiger partial charge in [0.15, 0.2) is 0 Å². The number of nitrogens with one attached hydrogen (secondary N) is 1. The van der Waals surface area contributed by atoms with E-state index in [1.165, 1.54) is 18.3 Å². The maximum Gasteiger partial charge on any atom is 0.253 e. The highest BCUT2D eigenvalue weighted by molar-refractivity contribution is 5.94. The Morgan fingerprint density at radius 2 is 2.00 bits per heavy atom. The summed E-state index contributed by atoms with van der Waals surface area (Å²) in [7, 11) is 0. The number of aromatic hydroxyl groups is 1. The van der Waals surface area contributed by atoms with E-state index in [-0.39, 0.29) is 23.7 Å². The van der Waals surface area contributed by atoms with Gasteiger partial charge in [-0.3, -0.25) is 9.59 Å². The second-order valence-corrected chi connectivity index (χ2v) is 6.12. The van der Waals surface area contributed by atoms with Crippen LogP contribution in [0.2, 0.25) is 0 Å². The minimum atomic E-state index is -0.467. The van der Waals surface area contributed by atoms with Gasteiger partial charge in [-0.25, -0.2) is 4.98 Å². The third-order valence-electron chi connectivity index (χ3n) is 4.32. The van der Waals surface area contributed by atoms with E-state index in [4.69, 9.17) is 10.8 Å². The van der Waals surface area contributed by atoms with Crippen molar-refractivity contribution in [2.24, 2.45) is 11.7 Å². The average molecular weight is 320 g/mol. The standard InChI is InChI=1S/C16H24N4O3/c1-10(17)16(23)20-7-5-12(6-8-20)11(2)19-15(22)13-3-4-14(21)18-9-13/h3-4,9-12H,5-8,17H2,1-2H3,(H,18,21)(H,19,22). The summed E-state index contributed by atoms with van der Waals surface area (Å²) >= 11 is 0. The zero-order chi connectivity index (χ0) is 17.0. The van der Waals surface area contributed by atoms with Crippen LogP contribution in [0.4, 0.5) is 0 Å². The van der Waals surface area contributed by atoms with Crippen molar-refractivity contribution in [3.8, 4) is 5.88 Å². The molecule has 0 bridgehead atoms. The largest absolute Gasteiger partial charge is 0.493 e. The van der Waals surface area contributed by atoms with Gasteiger partial charge in [0, 0.05) is 31.4 Å². The maximum absolute atomic E-state index is 12.2. The fourth-order valence-corrected chi connectivity index (χ4v) is 2.84. The second-order valence-electron chi connectivity index (χ2n) is 6.12. The van der Waals surface area contributed by atoms with Crippen LogP contribution in [0.25, 0.3) is 0 Å². The number of carbonyl (C=O) groups excluding carboxylic acids is 2. The lowest BCUT2D eigenvalue weighted by Gasteiger charge is -2.35. The molecule has 0 saturated carbocycles. The zero-order valence-electron chi connectivity index (χ0n) is 13.5. The Labute approximate surface area is 135 Å². The first-order chi connectivity index (χ1) is 10.9. The van der Waals surface area contributed by atoms with Crippen LogP contribution >= 0.6 is 0 Å². The normalized spacial score (nSPS) is 18.3. The van der Waals surface area contributed by atoms with E-state index in [0.717, 1.165) is 12.8 Å². The molecule has 0 radical (unpaired) electrons. The predicted molar refractivity (Wildman–Crippen MR) is 85.8 cm³/mol. The summed E-state index contributed by atoms with van der Waals surface area (Å²) in [6.07, 6.45) is 3.03. The Hall–Kier alpha value is -2.15. The molecule has 1 aliphatic heterocycles. The van der Waals surface area contributed by atoms with Crippen molar-refractivity contribution in [1.29, 1.82) is 0 Å². The SMILES string of the molecule is CC(N)C(=O)N1CCC(C(C)NC(=O)c2ccc(O)nc2)CC1. The maximum atomic E-state index is 12.2. The first-order valence-corrected chi connectivity index (χ1v) is 7.88. The minimum Gasteiger partial charge on any atom is -0.493 e. The number of hydrogen-bond acceptors (Lipinski definition) is 5. The molecule has 0 aromatic carbocycles. The van der Waals surface area contributed by atoms with E-state index in [1.54, 1.807) is 11.8 Å². The van der Waals surface area contributed by atoms with E-state index in [2.05, 4.69) is 10.3 Å². The van der Waals surface area contributed by atoms with Crippen LogP contribution in [-0.4, -0.2) is 52.0 Å². The van der Waals surface area contributed by atoms with Crippen LogP contribution in [0.15, 0.2) is 18.3 Å². The number of likely N-dealkylation sites (tertiary alicyclic amines) is 1. The van der Waals surface area contributed by atoms with Gasteiger partial charge < -0.3 is 21.1 Å². The summed E-state index contributed by atoms with van der Waals surface area (Å²) in [5.41, 5.74) is 6.05. The molecule has 1 aromatic rings. The lowest BCUT2D eigenvalue weighted by Crippen LogP contribution is -2.49. The van der Waals surface area contributed by atoms with Gasteiger partial charge in [0.05, 0.1) is 11.6 Å². The van der Waals surface area contributed by atoms with Crippen LogP contribution in [0.3, 0.4) is 0 Å². The lowest BCUT2D eigenvalue weighted by molar-refractivity contribution is -0.133. The highest BCUT2D eigenvalue weighted by atomic mass is 16.3. The van der Waals surface area contributed by atoms with Crippen molar-refractivity contribution in [3.05, 3.63) is 23.9 Å². The molecule has 7 nitrogen and oxygen atoms in total. The molecule has 4 N–H and O–H groups in total. The van der Waals surface area contributed by atoms with Crippen LogP contribution < -0.4 is 11.1 Å². The van der Waals surface area contributed by atoms with E-state index in [0.29, 0.717) is 24.6 Å². The summed E-state index contributed by atoms with van der Waals surface area (Å²) < 4.78 is 0. The Morgan fingerprint density at radius 3 is 2.52 bits per heavy atom. The molecule has 7 heteroatoms. The van der Waals surface area contributed by atoms with Crippen LogP contribution in [0, 0.1) is 5.92 Å². The van der Waals surface area contributed by atoms with Gasteiger partial charge in [-0.15, -0.1) is 0 Å². The van der Waals surface area contributed by atoms with Crippen molar-refractivity contribution in [2.75, 3.05) is 13.1 Å². The number of carbonyl (C=O) groups is 2. The topological polar surface area (TPSA) is 109 Å². The number of pyridine rings is 1. The Balaban J connectivity index is 1.85. The number of amides is 2. The van der Waals surface area contributed by atoms with Gasteiger partial charge >= 0.3 is 0 Å². The molecule has 1 aliphatic rings. The summed E-state index contributed by atoms with van der Waals surface area (Å²) in [6.45, 7) is 5.01. The molecule has 0 aliphatic carbocycles. The molecule has 0 spiro atoms. The van der Waals surface area contributed by atoms with Crippen LogP contribution in [-0.2, 0) is 4.79 Å². The van der Waals surface area contributed by atoms with Crippen molar-refractivity contribution < 1.29 is 14.7 Å². The fourth-order valence-electron chi connectivity index (χ4n) is 2.84. The molecular weight excluding hydrogens is 296 g/mol. The molecule has 1 saturated heterocycles. The highest BCUT2D eigenvalue weighted by Gasteiger charge is 2.28. The highest BCUT2D eigenvalue weighted by Crippen LogP contribution is 2.21. The van der Waals surface area contributed by atoms with Crippen LogP contribution in [0.1, 0.15) is 37.0 Å². The quantitative estimate of drug-likeness (QED) is 0.748. The number of piperidine rings is 1. The number of rotatable bonds is 4. The van der Waals surface area contributed by atoms with Crippen molar-refractivity contribution in [3.63, 3.8) is 0 Å². The number of nitrogens with two attached hydrogens (primary N) is 1. The minimum absolute atomic E-state index is 0.00357. The lowest BCUT2D eigenvalue weighted by atomic mass is 9.90. The van der Waals surface area contributed by atoms with Crippen LogP contribution in [0.5, 0.6) is 5.88 Å². The zero-order valence-corrected chi connectivity index (χ0v) is 13.5. The first kappa shape index (κ1) is 17.2. The molecule has 2 atom stereocenters. The third-order valence-corrected chi connectivity index (χ3v) is 4.32. The van der Waals surface area contributed by atoms with E-state index < -0.39 is 6.04 Å². The predicted octanol–water partition coefficient (Wildman–Crippen LogP) is 0.491. The number of hydrogen-bond donors (Lipinski definition) is 3. The van der Waals surface area contributed by atoms with Gasteiger partial charge in [-0.2, -0.15) is 0 Å². The second kappa shape index (κ2) is 7.41. The first-order valence-electron chi connectivity index (χ1n) is 7.88. The Morgan fingerprint density at radius 1 is 1.35 bits per heavy atom. The molecule has 2 amide bonds. The number of nitrogens with zero attached hydrogens (tertiary/aromatic N) is 2. The van der Waals surface area contributed by atoms with Gasteiger partial charge in [0.2, 0.25) is 11.8 Å². The number of aromatic nitrogens is 1. The Kier molecular flexibility index (Phi) is 5.54. The molecule has 126 valence electrons. The van der Waals surface area contributed by atoms with E-state index >= 15 is 0 Å². The van der Waals surface area contributed by atoms with Crippen molar-refractivity contribution in [2.45, 2.75) is 38.8 Å². The monoisotopic (exact) mass is 320 g/mol. The molecule has 2 rings (SSSR count). The molecule has 1 fully saturated rings. The van der Waals surface area contributed by atoms with Crippen molar-refractivity contribution >= 4 is 11.8 Å². The summed E-state index contributed by atoms with van der Waals surface area (Å²) in [5, 5.41) is 12.1. The van der Waals surface area contributed by atoms with Gasteiger partial charge in [-0.05, 0) is 38.7 Å². The molecule has 1 aromatic heterocycles. The molecule has 23 heavy (non-hydrogen) atoms. The third kappa shape index (κ3) is 4.41. The smallest absolute Gasteiger partial charge is 0.253 e. The fraction of sp³-hybridized carbons (Fsp3) is 0.562. The summed E-state index contributed by atoms with van der Waals surface area (Å²) in [5.74, 6) is -0.0173. The summed E-state index contributed by atoms with van der Waals surface area (Å²) in [6, 6.07) is 2.46. The average Bonchev–Trinajstić information content (AvgIpc) is 2.54. The van der Waals surface area contributed by atoms with Gasteiger partial charge in [-0.1, -0.05) is 0 Å². The molecule has 2 unspecified atom stereocenters. The van der Waals surface area contributed by atoms with Gasteiger partial charge in [0.1, 0.15) is 0 Å². The van der Waals surface area contributed by atoms with E-state index in [1.807, 2.05) is 6.92 Å². The van der Waals surface area contributed by atoms with Gasteiger partial charge in [0.25, 0.3) is 5.91 Å². The Bertz CT molecular complexity index is 551.